The Labute approximate surface area is 171 Å². The van der Waals surface area contributed by atoms with Gasteiger partial charge in [0.15, 0.2) is 18.1 Å². The van der Waals surface area contributed by atoms with Crippen molar-refractivity contribution in [1.29, 1.82) is 0 Å². The van der Waals surface area contributed by atoms with E-state index in [2.05, 4.69) is 5.32 Å². The Morgan fingerprint density at radius 2 is 1.45 bits per heavy atom. The number of nitrogens with zero attached hydrogens (tertiary/aromatic N) is 1. The maximum absolute atomic E-state index is 12.4. The van der Waals surface area contributed by atoms with Gasteiger partial charge in [0.2, 0.25) is 5.75 Å². The quantitative estimate of drug-likeness (QED) is 0.585. The predicted octanol–water partition coefficient (Wildman–Crippen LogP) is 1.63. The predicted molar refractivity (Wildman–Crippen MR) is 107 cm³/mol. The smallest absolute Gasteiger partial charge is 0.325 e. The molecule has 0 fully saturated rings. The summed E-state index contributed by atoms with van der Waals surface area (Å²) in [5.41, 5.74) is 0.217. The zero-order valence-electron chi connectivity index (χ0n) is 18.0. The van der Waals surface area contributed by atoms with Crippen molar-refractivity contribution in [2.75, 3.05) is 34.5 Å². The molecule has 0 spiro atoms. The molecule has 0 bridgehead atoms. The Bertz CT molecular complexity index is 699. The lowest BCUT2D eigenvalue weighted by molar-refractivity contribution is -0.152. The van der Waals surface area contributed by atoms with E-state index >= 15 is 0 Å². The molecule has 2 amide bonds. The second-order valence-corrected chi connectivity index (χ2v) is 6.75. The van der Waals surface area contributed by atoms with Crippen molar-refractivity contribution >= 4 is 17.8 Å². The molecule has 9 nitrogen and oxygen atoms in total. The average molecular weight is 410 g/mol. The van der Waals surface area contributed by atoms with Crippen molar-refractivity contribution in [1.82, 2.24) is 10.2 Å². The molecule has 0 unspecified atom stereocenters. The largest absolute Gasteiger partial charge is 0.493 e. The standard InChI is InChI=1S/C20H30N2O7/c1-12(2)22(13(3)4)17(23)11-29-18(24)10-21-20(25)14-8-15(26-5)19(28-7)16(9-14)27-6/h8-9,12-13H,10-11H2,1-7H3,(H,21,25). The number of methoxy groups -OCH3 is 3. The van der Waals surface area contributed by atoms with Crippen LogP contribution in [0.1, 0.15) is 38.1 Å². The van der Waals surface area contributed by atoms with Crippen LogP contribution in [0.2, 0.25) is 0 Å². The highest BCUT2D eigenvalue weighted by Gasteiger charge is 2.22. The highest BCUT2D eigenvalue weighted by molar-refractivity contribution is 5.97. The fourth-order valence-electron chi connectivity index (χ4n) is 2.91. The van der Waals surface area contributed by atoms with Gasteiger partial charge in [0.1, 0.15) is 6.54 Å². The summed E-state index contributed by atoms with van der Waals surface area (Å²) in [4.78, 5) is 38.1. The topological polar surface area (TPSA) is 103 Å². The highest BCUT2D eigenvalue weighted by atomic mass is 16.5. The fourth-order valence-corrected chi connectivity index (χ4v) is 2.91. The molecule has 0 radical (unpaired) electrons. The van der Waals surface area contributed by atoms with Crippen LogP contribution in [-0.4, -0.2) is 69.2 Å². The van der Waals surface area contributed by atoms with Crippen LogP contribution in [0.4, 0.5) is 0 Å². The number of amides is 2. The molecule has 162 valence electrons. The summed E-state index contributed by atoms with van der Waals surface area (Å²) in [5.74, 6) is -0.561. The number of esters is 1. The molecule has 0 aliphatic carbocycles. The summed E-state index contributed by atoms with van der Waals surface area (Å²) in [7, 11) is 4.33. The molecule has 0 aliphatic rings. The molecule has 0 aromatic heterocycles. The lowest BCUT2D eigenvalue weighted by Gasteiger charge is -2.30. The first-order valence-corrected chi connectivity index (χ1v) is 9.21. The molecular weight excluding hydrogens is 380 g/mol. The second kappa shape index (κ2) is 11.1. The van der Waals surface area contributed by atoms with Gasteiger partial charge in [-0.1, -0.05) is 0 Å². The van der Waals surface area contributed by atoms with Crippen LogP contribution in [-0.2, 0) is 14.3 Å². The lowest BCUT2D eigenvalue weighted by atomic mass is 10.1. The molecule has 0 atom stereocenters. The van der Waals surface area contributed by atoms with Crippen molar-refractivity contribution in [2.24, 2.45) is 0 Å². The van der Waals surface area contributed by atoms with Crippen LogP contribution in [0, 0.1) is 0 Å². The van der Waals surface area contributed by atoms with Gasteiger partial charge < -0.3 is 29.2 Å². The highest BCUT2D eigenvalue weighted by Crippen LogP contribution is 2.38. The van der Waals surface area contributed by atoms with Crippen LogP contribution in [0.3, 0.4) is 0 Å². The number of hydrogen-bond acceptors (Lipinski definition) is 7. The number of hydrogen-bond donors (Lipinski definition) is 1. The third-order valence-corrected chi connectivity index (χ3v) is 4.08. The minimum atomic E-state index is -0.716. The van der Waals surface area contributed by atoms with E-state index in [1.54, 1.807) is 4.90 Å². The third kappa shape index (κ3) is 6.55. The van der Waals surface area contributed by atoms with Crippen LogP contribution in [0.5, 0.6) is 17.2 Å². The Balaban J connectivity index is 2.68. The van der Waals surface area contributed by atoms with Crippen LogP contribution in [0.25, 0.3) is 0 Å². The molecule has 1 aromatic carbocycles. The van der Waals surface area contributed by atoms with Gasteiger partial charge in [-0.3, -0.25) is 14.4 Å². The molecule has 0 saturated carbocycles. The molecule has 1 N–H and O–H groups in total. The van der Waals surface area contributed by atoms with Crippen molar-refractivity contribution < 1.29 is 33.3 Å². The number of benzene rings is 1. The summed E-state index contributed by atoms with van der Waals surface area (Å²) in [6.07, 6.45) is 0. The normalized spacial score (nSPS) is 10.5. The summed E-state index contributed by atoms with van der Waals surface area (Å²) in [6, 6.07) is 2.91. The van der Waals surface area contributed by atoms with E-state index in [0.29, 0.717) is 17.2 Å². The minimum Gasteiger partial charge on any atom is -0.493 e. The molecule has 0 aliphatic heterocycles. The first-order chi connectivity index (χ1) is 13.7. The number of carbonyl (C=O) groups excluding carboxylic acids is 3. The SMILES string of the molecule is COc1cc(C(=O)NCC(=O)OCC(=O)N(C(C)C)C(C)C)cc(OC)c1OC. The van der Waals surface area contributed by atoms with E-state index in [4.69, 9.17) is 18.9 Å². The number of rotatable bonds is 10. The zero-order chi connectivity index (χ0) is 22.1. The Morgan fingerprint density at radius 3 is 1.86 bits per heavy atom. The van der Waals surface area contributed by atoms with Crippen LogP contribution in [0.15, 0.2) is 12.1 Å². The minimum absolute atomic E-state index is 0.0130. The second-order valence-electron chi connectivity index (χ2n) is 6.75. The zero-order valence-corrected chi connectivity index (χ0v) is 18.0. The maximum atomic E-state index is 12.4. The first-order valence-electron chi connectivity index (χ1n) is 9.21. The van der Waals surface area contributed by atoms with E-state index in [-0.39, 0.29) is 36.7 Å². The Hall–Kier alpha value is -2.97. The third-order valence-electron chi connectivity index (χ3n) is 4.08. The number of nitrogens with one attached hydrogen (secondary N) is 1. The number of carbonyl (C=O) groups is 3. The fraction of sp³-hybridized carbons (Fsp3) is 0.550. The molecular formula is C20H30N2O7. The Kier molecular flexibility index (Phi) is 9.24. The summed E-state index contributed by atoms with van der Waals surface area (Å²) < 4.78 is 20.6. The van der Waals surface area contributed by atoms with Gasteiger partial charge in [-0.15, -0.1) is 0 Å². The molecule has 0 heterocycles. The summed E-state index contributed by atoms with van der Waals surface area (Å²) in [6.45, 7) is 6.78. The van der Waals surface area contributed by atoms with Gasteiger partial charge in [0.25, 0.3) is 11.8 Å². The van der Waals surface area contributed by atoms with Crippen molar-refractivity contribution in [3.05, 3.63) is 17.7 Å². The molecule has 9 heteroatoms. The maximum Gasteiger partial charge on any atom is 0.325 e. The molecule has 0 saturated heterocycles. The van der Waals surface area contributed by atoms with Gasteiger partial charge in [-0.05, 0) is 39.8 Å². The molecule has 1 rings (SSSR count). The first kappa shape index (κ1) is 24.1. The van der Waals surface area contributed by atoms with E-state index in [9.17, 15) is 14.4 Å². The Morgan fingerprint density at radius 1 is 0.931 bits per heavy atom. The van der Waals surface area contributed by atoms with Gasteiger partial charge in [-0.2, -0.15) is 0 Å². The van der Waals surface area contributed by atoms with Gasteiger partial charge in [-0.25, -0.2) is 0 Å². The van der Waals surface area contributed by atoms with E-state index in [1.807, 2.05) is 27.7 Å². The van der Waals surface area contributed by atoms with Crippen molar-refractivity contribution in [2.45, 2.75) is 39.8 Å². The van der Waals surface area contributed by atoms with Gasteiger partial charge in [0.05, 0.1) is 21.3 Å². The lowest BCUT2D eigenvalue weighted by Crippen LogP contribution is -2.44. The summed E-state index contributed by atoms with van der Waals surface area (Å²) >= 11 is 0. The average Bonchev–Trinajstić information content (AvgIpc) is 2.68. The van der Waals surface area contributed by atoms with Gasteiger partial charge in [0, 0.05) is 17.6 Å². The van der Waals surface area contributed by atoms with Gasteiger partial charge >= 0.3 is 5.97 Å². The number of ether oxygens (including phenoxy) is 4. The van der Waals surface area contributed by atoms with Crippen molar-refractivity contribution in [3.8, 4) is 17.2 Å². The van der Waals surface area contributed by atoms with E-state index in [1.165, 1.54) is 33.5 Å². The van der Waals surface area contributed by atoms with Crippen molar-refractivity contribution in [3.63, 3.8) is 0 Å². The van der Waals surface area contributed by atoms with Crippen LogP contribution < -0.4 is 19.5 Å². The van der Waals surface area contributed by atoms with Crippen LogP contribution >= 0.6 is 0 Å². The monoisotopic (exact) mass is 410 g/mol. The van der Waals surface area contributed by atoms with E-state index in [0.717, 1.165) is 0 Å². The molecule has 1 aromatic rings. The van der Waals surface area contributed by atoms with E-state index < -0.39 is 11.9 Å². The summed E-state index contributed by atoms with van der Waals surface area (Å²) in [5, 5.41) is 2.45. The molecule has 29 heavy (non-hydrogen) atoms.